The number of aryl methyl sites for hydroxylation is 4. The molecule has 0 aromatic heterocycles. The lowest BCUT2D eigenvalue weighted by Crippen LogP contribution is -2.58. The molecule has 22 heteroatoms. The third-order valence-electron chi connectivity index (χ3n) is 22.5. The second-order valence-electron chi connectivity index (χ2n) is 31.9. The molecule has 3 atom stereocenters. The quantitative estimate of drug-likeness (QED) is 0.00481. The molecule has 1 fully saturated rings. The Kier molecular flexibility index (Phi) is 35.0. The van der Waals surface area contributed by atoms with E-state index in [0.29, 0.717) is 52.6 Å². The van der Waals surface area contributed by atoms with Crippen molar-refractivity contribution in [2.24, 2.45) is 5.41 Å². The van der Waals surface area contributed by atoms with Gasteiger partial charge in [-0.1, -0.05) is 196 Å². The van der Waals surface area contributed by atoms with Crippen molar-refractivity contribution in [3.8, 4) is 80.5 Å². The summed E-state index contributed by atoms with van der Waals surface area (Å²) >= 11 is 0. The van der Waals surface area contributed by atoms with Gasteiger partial charge in [-0.25, -0.2) is 9.59 Å². The van der Waals surface area contributed by atoms with Crippen LogP contribution in [0.25, 0.3) is 36.5 Å². The van der Waals surface area contributed by atoms with E-state index in [2.05, 4.69) is 60.5 Å². The van der Waals surface area contributed by atoms with E-state index >= 15 is 0 Å². The highest BCUT2D eigenvalue weighted by atomic mass is 16.5. The molecule has 4 aliphatic rings. The smallest absolute Gasteiger partial charge is 0.338 e. The number of ether oxygens (including phenoxy) is 5. The molecule has 0 bridgehead atoms. The third kappa shape index (κ3) is 25.5. The van der Waals surface area contributed by atoms with Crippen LogP contribution in [0.15, 0.2) is 229 Å². The maximum absolute atomic E-state index is 12.7. The third-order valence-corrected chi connectivity index (χ3v) is 22.5. The molecule has 0 amide bonds. The summed E-state index contributed by atoms with van der Waals surface area (Å²) in [6, 6.07) is 52.2. The van der Waals surface area contributed by atoms with E-state index in [1.165, 1.54) is 69.4 Å². The summed E-state index contributed by atoms with van der Waals surface area (Å²) < 4.78 is 26.0. The van der Waals surface area contributed by atoms with Crippen LogP contribution in [0.5, 0.6) is 80.5 Å². The van der Waals surface area contributed by atoms with Crippen molar-refractivity contribution in [3.63, 3.8) is 0 Å². The van der Waals surface area contributed by atoms with Gasteiger partial charge in [-0.15, -0.1) is 0 Å². The standard InChI is InChI=1S/C22H24O3.C21H24N2O2.C17H16O4.C16H16O3.C15H22O5.C15H14O3/c1-15(2)5-12-19-21(24)14-11-18(22(19)25-4)10-13-20(23)17-8-6-16(3)7-9-17;1-3-20-9-6-11-23-12-10-21(19(20)23)15-7-4-5-8-16(15)22-17(21)14(13-20)18(24)25-2;1-11-3-5-12(6-4-11)14(18)9-7-13-8-10-15(19)16(20)17(13)21-2;1-11-3-4-12(9-16(11)19-2)5-6-13-7-14(17)10-15(18)8-13;1-2-3-4-5-6-7-8-20-15(19)11-9-12(16)14(18)13(17)10-11;1-10-2-3-11(8-15(10)18)4-5-12-6-13(16)9-14(17)7-12/h5-11,13-14,24H,12H2,1-4H3;4-9,19,22H,3,10-13H2,1-2H3;3-10,19-20H,1-2H3;3-10,17-18H,1-2H3;9-10,16-18H,2-8H2,1H3;2-9,16-18H,1H3/b13-10+;;9-7+;6-5+;;5-4+/t;19-,20-,21-;;;;/m.0..../s1. The first-order valence-corrected chi connectivity index (χ1v) is 42.4. The zero-order chi connectivity index (χ0) is 92.9. The van der Waals surface area contributed by atoms with Crippen molar-refractivity contribution in [3.05, 3.63) is 313 Å². The number of ketones is 2. The molecule has 12 N–H and O–H groups in total. The molecule has 3 aliphatic heterocycles. The highest BCUT2D eigenvalue weighted by Gasteiger charge is 2.65. The first kappa shape index (κ1) is 97.4. The van der Waals surface area contributed by atoms with Gasteiger partial charge in [0, 0.05) is 75.9 Å². The number of allylic oxidation sites excluding steroid dienone is 4. The van der Waals surface area contributed by atoms with Gasteiger partial charge < -0.3 is 85.2 Å². The molecule has 0 radical (unpaired) electrons. The topological polar surface area (TPSA) is 352 Å². The number of carbonyl (C=O) groups excluding carboxylic acids is 4. The summed E-state index contributed by atoms with van der Waals surface area (Å²) in [5.41, 5.74) is 16.1. The number of hydrogen-bond acceptors (Lipinski definition) is 22. The molecule has 670 valence electrons. The van der Waals surface area contributed by atoms with Crippen LogP contribution in [0.1, 0.15) is 183 Å². The first-order valence-electron chi connectivity index (χ1n) is 42.4. The minimum Gasteiger partial charge on any atom is -0.508 e. The van der Waals surface area contributed by atoms with Gasteiger partial charge in [0.2, 0.25) is 5.75 Å². The minimum absolute atomic E-state index is 0.000898. The van der Waals surface area contributed by atoms with Crippen molar-refractivity contribution in [2.45, 2.75) is 131 Å². The number of unbranched alkanes of at least 4 members (excludes halogenated alkanes) is 5. The Morgan fingerprint density at radius 1 is 0.492 bits per heavy atom. The van der Waals surface area contributed by atoms with E-state index in [4.69, 9.17) is 23.7 Å². The molecule has 1 saturated heterocycles. The molecule has 128 heavy (non-hydrogen) atoms. The van der Waals surface area contributed by atoms with E-state index in [1.54, 1.807) is 99.2 Å². The lowest BCUT2D eigenvalue weighted by molar-refractivity contribution is -0.137. The van der Waals surface area contributed by atoms with Gasteiger partial charge >= 0.3 is 11.9 Å². The summed E-state index contributed by atoms with van der Waals surface area (Å²) in [6.45, 7) is 18.6. The van der Waals surface area contributed by atoms with Crippen LogP contribution >= 0.6 is 0 Å². The van der Waals surface area contributed by atoms with Crippen LogP contribution < -0.4 is 19.5 Å². The van der Waals surface area contributed by atoms with Gasteiger partial charge in [0.1, 0.15) is 46.0 Å². The number of rotatable bonds is 25. The number of benzene rings is 10. The predicted molar refractivity (Wildman–Crippen MR) is 504 cm³/mol. The van der Waals surface area contributed by atoms with Gasteiger partial charge in [0.05, 0.1) is 51.6 Å². The number of aromatic hydroxyl groups is 11. The van der Waals surface area contributed by atoms with Crippen LogP contribution in [-0.4, -0.2) is 139 Å². The average Bonchev–Trinajstić information content (AvgIpc) is 1.51. The van der Waals surface area contributed by atoms with Crippen LogP contribution in [-0.2, 0) is 26.1 Å². The Bertz CT molecular complexity index is 5730. The number of methoxy groups -OCH3 is 4. The highest BCUT2D eigenvalue weighted by Crippen LogP contribution is 2.64. The van der Waals surface area contributed by atoms with Gasteiger partial charge in [-0.2, -0.15) is 0 Å². The monoisotopic (exact) mass is 1740 g/mol. The lowest BCUT2D eigenvalue weighted by Gasteiger charge is -2.53. The molecule has 0 unspecified atom stereocenters. The molecule has 1 aliphatic carbocycles. The average molecular weight is 1740 g/mol. The van der Waals surface area contributed by atoms with Crippen LogP contribution in [0.3, 0.4) is 0 Å². The second-order valence-corrected chi connectivity index (χ2v) is 31.9. The number of phenolic OH excluding ortho intramolecular Hbond substituents is 11. The Hall–Kier alpha value is -14.4. The summed E-state index contributed by atoms with van der Waals surface area (Å²) in [5.74, 6) is -1.26. The van der Waals surface area contributed by atoms with Crippen LogP contribution in [0.2, 0.25) is 0 Å². The summed E-state index contributed by atoms with van der Waals surface area (Å²) in [5, 5.41) is 108. The maximum atomic E-state index is 12.7. The Morgan fingerprint density at radius 2 is 1.02 bits per heavy atom. The number of hydrogen-bond donors (Lipinski definition) is 12. The van der Waals surface area contributed by atoms with Gasteiger partial charge in [0.15, 0.2) is 40.3 Å². The minimum atomic E-state index is -0.641. The van der Waals surface area contributed by atoms with E-state index in [-0.39, 0.29) is 85.7 Å². The van der Waals surface area contributed by atoms with Crippen molar-refractivity contribution < 1.29 is 99.0 Å². The number of nitrogens with one attached hydrogen (secondary N) is 1. The number of anilines is 1. The normalized spacial score (nSPS) is 15.5. The fourth-order valence-corrected chi connectivity index (χ4v) is 15.7. The number of phenols is 11. The molecule has 22 nitrogen and oxygen atoms in total. The van der Waals surface area contributed by atoms with Gasteiger partial charge in [0.25, 0.3) is 0 Å². The van der Waals surface area contributed by atoms with Gasteiger partial charge in [-0.3, -0.25) is 14.5 Å². The molecule has 10 aromatic carbocycles. The van der Waals surface area contributed by atoms with E-state index in [0.717, 1.165) is 137 Å². The van der Waals surface area contributed by atoms with Crippen LogP contribution in [0.4, 0.5) is 5.69 Å². The van der Waals surface area contributed by atoms with Crippen LogP contribution in [0, 0.1) is 33.1 Å². The van der Waals surface area contributed by atoms with Crippen molar-refractivity contribution in [1.82, 2.24) is 4.90 Å². The largest absolute Gasteiger partial charge is 0.508 e. The van der Waals surface area contributed by atoms with Gasteiger partial charge in [-0.05, 0) is 216 Å². The molecule has 14 rings (SSSR count). The lowest BCUT2D eigenvalue weighted by atomic mass is 9.55. The van der Waals surface area contributed by atoms with Crippen molar-refractivity contribution >= 4 is 65.6 Å². The fraction of sp³-hybridized carbons (Fsp3) is 0.264. The molecule has 3 heterocycles. The van der Waals surface area contributed by atoms with Crippen molar-refractivity contribution in [2.75, 3.05) is 53.5 Å². The van der Waals surface area contributed by atoms with Crippen molar-refractivity contribution in [1.29, 1.82) is 0 Å². The number of nitrogens with zero attached hydrogens (tertiary/aromatic N) is 1. The zero-order valence-electron chi connectivity index (χ0n) is 74.5. The summed E-state index contributed by atoms with van der Waals surface area (Å²) in [4.78, 5) is 51.4. The molecular formula is C106H116N2O20. The number of carbonyl (C=O) groups is 4. The fourth-order valence-electron chi connectivity index (χ4n) is 15.7. The zero-order valence-corrected chi connectivity index (χ0v) is 74.5. The summed E-state index contributed by atoms with van der Waals surface area (Å²) in [7, 11) is 6.09. The maximum Gasteiger partial charge on any atom is 0.338 e. The predicted octanol–water partition coefficient (Wildman–Crippen LogP) is 21.8. The Labute approximate surface area is 748 Å². The Balaban J connectivity index is 0.000000174. The molecule has 0 saturated carbocycles. The molecule has 10 aromatic rings. The Morgan fingerprint density at radius 3 is 1.55 bits per heavy atom. The SMILES string of the molecule is CCCCCCCCOC(=O)c1cc(O)c(O)c(O)c1.CC[C@]12C=CCN3CC[C@]4(C(=C(C(=O)OC)C1)Nc1ccccc14)[C@@H]32.COc1c(/C=C/C(=O)c2ccc(C)cc2)ccc(O)c1CC=C(C)C.COc1c(/C=C/C(=O)c2ccc(C)cc2)ccc(O)c1O.COc1cc(/C=C/c2cc(O)cc(O)c2)ccc1C.Cc1ccc(/C=C/c2cc(O)cc(O)c2)cc1O. The van der Waals surface area contributed by atoms with E-state index in [9.17, 15) is 75.3 Å². The molecule has 1 spiro atoms. The molecular weight excluding hydrogens is 1620 g/mol. The van der Waals surface area contributed by atoms with E-state index in [1.807, 2.05) is 127 Å². The van der Waals surface area contributed by atoms with E-state index < -0.39 is 23.2 Å². The number of para-hydroxylation sites is 1. The first-order chi connectivity index (χ1) is 61.3. The highest BCUT2D eigenvalue weighted by molar-refractivity contribution is 6.08. The summed E-state index contributed by atoms with van der Waals surface area (Å²) in [6.07, 6.45) is 30.2. The second kappa shape index (κ2) is 46.0. The number of fused-ring (bicyclic) bond motifs is 1. The number of esters is 2.